The van der Waals surface area contributed by atoms with E-state index < -0.39 is 0 Å². The summed E-state index contributed by atoms with van der Waals surface area (Å²) in [5.41, 5.74) is 3.13. The molecule has 5 rings (SSSR count). The van der Waals surface area contributed by atoms with Crippen LogP contribution in [0.15, 0.2) is 30.6 Å². The normalized spacial score (nSPS) is 19.6. The highest BCUT2D eigenvalue weighted by Gasteiger charge is 2.41. The Bertz CT molecular complexity index is 1120. The number of nitrogens with zero attached hydrogens (tertiary/aromatic N) is 3. The average Bonchev–Trinajstić information content (AvgIpc) is 3.37. The minimum absolute atomic E-state index is 0.147. The molecular formula is C23H26N4O4. The second-order valence-corrected chi connectivity index (χ2v) is 8.25. The molecule has 1 aromatic carbocycles. The standard InChI is InChI=1S/C23H26N4O4/c1-13(15-9-21(28)27(11-15)16-5-6-16)31-23-22-18(24-12-25-22)10-17(26-23)14-4-7-19(29-2)20(8-14)30-3/h4,7-8,10,12-13,15-16H,5-6,9,11H2,1-3H3,(H,24,25)/t13-,15-/m1/s1. The highest BCUT2D eigenvalue weighted by atomic mass is 16.5. The zero-order chi connectivity index (χ0) is 21.5. The van der Waals surface area contributed by atoms with Crippen LogP contribution < -0.4 is 14.2 Å². The van der Waals surface area contributed by atoms with Gasteiger partial charge in [-0.25, -0.2) is 9.97 Å². The second-order valence-electron chi connectivity index (χ2n) is 8.25. The minimum Gasteiger partial charge on any atom is -0.493 e. The number of aromatic nitrogens is 3. The molecule has 3 heterocycles. The number of rotatable bonds is 7. The van der Waals surface area contributed by atoms with Crippen molar-refractivity contribution >= 4 is 16.9 Å². The van der Waals surface area contributed by atoms with E-state index in [9.17, 15) is 4.79 Å². The summed E-state index contributed by atoms with van der Waals surface area (Å²) in [6.07, 6.45) is 4.25. The molecule has 8 heteroatoms. The third kappa shape index (κ3) is 3.66. The molecular weight excluding hydrogens is 396 g/mol. The summed E-state index contributed by atoms with van der Waals surface area (Å²) < 4.78 is 17.1. The molecule has 3 aromatic rings. The Labute approximate surface area is 180 Å². The molecule has 0 unspecified atom stereocenters. The third-order valence-electron chi connectivity index (χ3n) is 6.19. The highest BCUT2D eigenvalue weighted by Crippen LogP contribution is 2.36. The lowest BCUT2D eigenvalue weighted by Gasteiger charge is -2.21. The van der Waals surface area contributed by atoms with Crippen molar-refractivity contribution < 1.29 is 19.0 Å². The lowest BCUT2D eigenvalue weighted by Crippen LogP contribution is -2.30. The minimum atomic E-state index is -0.152. The second kappa shape index (κ2) is 7.76. The van der Waals surface area contributed by atoms with E-state index in [-0.39, 0.29) is 17.9 Å². The summed E-state index contributed by atoms with van der Waals surface area (Å²) in [7, 11) is 3.22. The van der Waals surface area contributed by atoms with Gasteiger partial charge in [0.15, 0.2) is 17.0 Å². The number of nitrogens with one attached hydrogen (secondary N) is 1. The van der Waals surface area contributed by atoms with E-state index in [1.807, 2.05) is 36.1 Å². The fraction of sp³-hybridized carbons (Fsp3) is 0.435. The fourth-order valence-electron chi connectivity index (χ4n) is 4.23. The Hall–Kier alpha value is -3.29. The summed E-state index contributed by atoms with van der Waals surface area (Å²) in [4.78, 5) is 26.7. The van der Waals surface area contributed by atoms with Gasteiger partial charge in [-0.2, -0.15) is 0 Å². The van der Waals surface area contributed by atoms with Crippen LogP contribution in [-0.4, -0.2) is 58.7 Å². The van der Waals surface area contributed by atoms with Crippen LogP contribution in [0.25, 0.3) is 22.3 Å². The molecule has 1 aliphatic carbocycles. The van der Waals surface area contributed by atoms with Crippen LogP contribution in [0.2, 0.25) is 0 Å². The summed E-state index contributed by atoms with van der Waals surface area (Å²) in [6, 6.07) is 8.05. The molecule has 1 N–H and O–H groups in total. The van der Waals surface area contributed by atoms with Crippen LogP contribution in [0.1, 0.15) is 26.2 Å². The first-order valence-electron chi connectivity index (χ1n) is 10.6. The summed E-state index contributed by atoms with van der Waals surface area (Å²) in [6.45, 7) is 2.77. The number of carbonyl (C=O) groups excluding carboxylic acids is 1. The van der Waals surface area contributed by atoms with Crippen LogP contribution in [-0.2, 0) is 4.79 Å². The van der Waals surface area contributed by atoms with Gasteiger partial charge in [-0.05, 0) is 44.0 Å². The van der Waals surface area contributed by atoms with E-state index in [0.717, 1.165) is 36.2 Å². The summed E-state index contributed by atoms with van der Waals surface area (Å²) in [5, 5.41) is 0. The van der Waals surface area contributed by atoms with Gasteiger partial charge in [0.25, 0.3) is 0 Å². The Morgan fingerprint density at radius 1 is 1.16 bits per heavy atom. The van der Waals surface area contributed by atoms with Gasteiger partial charge in [-0.15, -0.1) is 0 Å². The number of ether oxygens (including phenoxy) is 3. The monoisotopic (exact) mass is 422 g/mol. The maximum atomic E-state index is 12.4. The van der Waals surface area contributed by atoms with Gasteiger partial charge >= 0.3 is 0 Å². The van der Waals surface area contributed by atoms with Crippen LogP contribution in [0.5, 0.6) is 17.4 Å². The number of likely N-dealkylation sites (tertiary alicyclic amines) is 1. The molecule has 0 spiro atoms. The molecule has 2 aliphatic rings. The Kier molecular flexibility index (Phi) is 4.92. The van der Waals surface area contributed by atoms with Crippen LogP contribution in [0.4, 0.5) is 0 Å². The van der Waals surface area contributed by atoms with Crippen LogP contribution >= 0.6 is 0 Å². The number of hydrogen-bond acceptors (Lipinski definition) is 6. The van der Waals surface area contributed by atoms with Crippen molar-refractivity contribution in [2.24, 2.45) is 5.92 Å². The molecule has 2 aromatic heterocycles. The lowest BCUT2D eigenvalue weighted by molar-refractivity contribution is -0.128. The number of methoxy groups -OCH3 is 2. The van der Waals surface area contributed by atoms with Gasteiger partial charge in [0.1, 0.15) is 6.10 Å². The largest absolute Gasteiger partial charge is 0.493 e. The van der Waals surface area contributed by atoms with Crippen molar-refractivity contribution in [2.75, 3.05) is 20.8 Å². The predicted molar refractivity (Wildman–Crippen MR) is 115 cm³/mol. The number of hydrogen-bond donors (Lipinski definition) is 1. The first kappa shape index (κ1) is 19.7. The van der Waals surface area contributed by atoms with E-state index >= 15 is 0 Å². The topological polar surface area (TPSA) is 89.6 Å². The van der Waals surface area contributed by atoms with Crippen molar-refractivity contribution in [3.8, 4) is 28.6 Å². The molecule has 0 bridgehead atoms. The molecule has 2 fully saturated rings. The maximum Gasteiger partial charge on any atom is 0.243 e. The number of benzene rings is 1. The Morgan fingerprint density at radius 3 is 2.71 bits per heavy atom. The Balaban J connectivity index is 1.44. The summed E-state index contributed by atoms with van der Waals surface area (Å²) in [5.74, 6) is 2.14. The molecule has 1 saturated heterocycles. The number of fused-ring (bicyclic) bond motifs is 1. The third-order valence-corrected chi connectivity index (χ3v) is 6.19. The molecule has 2 atom stereocenters. The van der Waals surface area contributed by atoms with Gasteiger partial charge in [0, 0.05) is 30.5 Å². The highest BCUT2D eigenvalue weighted by molar-refractivity contribution is 5.84. The predicted octanol–water partition coefficient (Wildman–Crippen LogP) is 3.42. The first-order chi connectivity index (χ1) is 15.1. The maximum absolute atomic E-state index is 12.4. The molecule has 8 nitrogen and oxygen atoms in total. The summed E-state index contributed by atoms with van der Waals surface area (Å²) >= 11 is 0. The van der Waals surface area contributed by atoms with Gasteiger partial charge in [0.2, 0.25) is 11.8 Å². The van der Waals surface area contributed by atoms with E-state index in [1.165, 1.54) is 0 Å². The SMILES string of the molecule is COc1ccc(-c2cc3[nH]cnc3c(O[C@H](C)[C@@H]3CC(=O)N(C4CC4)C3)n2)cc1OC. The smallest absolute Gasteiger partial charge is 0.243 e. The van der Waals surface area contributed by atoms with Gasteiger partial charge in [-0.3, -0.25) is 4.79 Å². The van der Waals surface area contributed by atoms with Crippen molar-refractivity contribution in [2.45, 2.75) is 38.3 Å². The van der Waals surface area contributed by atoms with Crippen LogP contribution in [0.3, 0.4) is 0 Å². The quantitative estimate of drug-likeness (QED) is 0.628. The number of H-pyrrole nitrogens is 1. The molecule has 162 valence electrons. The van der Waals surface area contributed by atoms with E-state index in [4.69, 9.17) is 19.2 Å². The zero-order valence-corrected chi connectivity index (χ0v) is 17.9. The molecule has 1 saturated carbocycles. The van der Waals surface area contributed by atoms with E-state index in [1.54, 1.807) is 20.5 Å². The van der Waals surface area contributed by atoms with E-state index in [2.05, 4.69) is 9.97 Å². The van der Waals surface area contributed by atoms with Crippen molar-refractivity contribution in [3.05, 3.63) is 30.6 Å². The fourth-order valence-corrected chi connectivity index (χ4v) is 4.23. The van der Waals surface area contributed by atoms with Crippen LogP contribution in [0, 0.1) is 5.92 Å². The Morgan fingerprint density at radius 2 is 1.97 bits per heavy atom. The number of imidazole rings is 1. The van der Waals surface area contributed by atoms with E-state index in [0.29, 0.717) is 35.4 Å². The number of amides is 1. The molecule has 1 amide bonds. The van der Waals surface area contributed by atoms with Gasteiger partial charge < -0.3 is 24.1 Å². The number of pyridine rings is 1. The average molecular weight is 422 g/mol. The number of carbonyl (C=O) groups is 1. The van der Waals surface area contributed by atoms with Crippen molar-refractivity contribution in [1.29, 1.82) is 0 Å². The molecule has 31 heavy (non-hydrogen) atoms. The van der Waals surface area contributed by atoms with Crippen molar-refractivity contribution in [3.63, 3.8) is 0 Å². The lowest BCUT2D eigenvalue weighted by atomic mass is 10.0. The first-order valence-corrected chi connectivity index (χ1v) is 10.6. The molecule has 0 radical (unpaired) electrons. The number of aromatic amines is 1. The van der Waals surface area contributed by atoms with Gasteiger partial charge in [0.05, 0.1) is 31.8 Å². The zero-order valence-electron chi connectivity index (χ0n) is 17.9. The van der Waals surface area contributed by atoms with Gasteiger partial charge in [-0.1, -0.05) is 0 Å². The molecule has 1 aliphatic heterocycles. The van der Waals surface area contributed by atoms with Crippen molar-refractivity contribution in [1.82, 2.24) is 19.9 Å².